The van der Waals surface area contributed by atoms with Crippen LogP contribution in [0.4, 0.5) is 0 Å². The Kier molecular flexibility index (Phi) is 10.6. The van der Waals surface area contributed by atoms with Crippen molar-refractivity contribution in [2.75, 3.05) is 67.1 Å². The lowest BCUT2D eigenvalue weighted by Gasteiger charge is -2.39. The molecule has 8 nitrogen and oxygen atoms in total. The molecule has 3 fully saturated rings. The van der Waals surface area contributed by atoms with Crippen molar-refractivity contribution in [3.63, 3.8) is 0 Å². The molecule has 3 aliphatic rings. The fourth-order valence-corrected chi connectivity index (χ4v) is 7.72. The summed E-state index contributed by atoms with van der Waals surface area (Å²) >= 11 is 0. The predicted molar refractivity (Wildman–Crippen MR) is 152 cm³/mol. The van der Waals surface area contributed by atoms with Gasteiger partial charge in [-0.15, -0.1) is 0 Å². The van der Waals surface area contributed by atoms with E-state index < -0.39 is 11.0 Å². The molecule has 1 unspecified atom stereocenters. The molecule has 38 heavy (non-hydrogen) atoms. The highest BCUT2D eigenvalue weighted by atomic mass is 32.2. The molecule has 1 amide bonds. The molecule has 1 aromatic rings. The van der Waals surface area contributed by atoms with Gasteiger partial charge in [0.2, 0.25) is 5.91 Å². The number of carbonyl (C=O) groups excluding carboxylic acids is 1. The smallest absolute Gasteiger partial charge is 0.248 e. The number of hydrogen-bond donors (Lipinski definition) is 0. The van der Waals surface area contributed by atoms with Gasteiger partial charge in [-0.05, 0) is 82.3 Å². The molecule has 0 spiro atoms. The Balaban J connectivity index is 1.15. The minimum Gasteiger partial charge on any atom is -0.497 e. The topological polar surface area (TPSA) is 65.6 Å². The minimum absolute atomic E-state index is 0.0264. The number of aryl methyl sites for hydroxylation is 2. The third-order valence-electron chi connectivity index (χ3n) is 8.90. The largest absolute Gasteiger partial charge is 0.497 e. The maximum Gasteiger partial charge on any atom is 0.248 e. The summed E-state index contributed by atoms with van der Waals surface area (Å²) in [6.45, 7) is 9.31. The van der Waals surface area contributed by atoms with Gasteiger partial charge in [0.05, 0.1) is 18.6 Å². The molecule has 4 rings (SSSR count). The first-order valence-electron chi connectivity index (χ1n) is 14.4. The first-order valence-corrected chi connectivity index (χ1v) is 15.5. The highest BCUT2D eigenvalue weighted by molar-refractivity contribution is 7.82. The molecule has 2 saturated heterocycles. The second-order valence-electron chi connectivity index (χ2n) is 11.4. The first-order chi connectivity index (χ1) is 18.3. The lowest BCUT2D eigenvalue weighted by Crippen LogP contribution is -2.48. The van der Waals surface area contributed by atoms with E-state index in [1.54, 1.807) is 11.4 Å². The van der Waals surface area contributed by atoms with Crippen molar-refractivity contribution in [1.29, 1.82) is 0 Å². The number of carbonyl (C=O) groups is 1. The van der Waals surface area contributed by atoms with Crippen LogP contribution in [0.3, 0.4) is 0 Å². The highest BCUT2D eigenvalue weighted by Crippen LogP contribution is 2.29. The first kappa shape index (κ1) is 29.5. The van der Waals surface area contributed by atoms with Crippen molar-refractivity contribution in [1.82, 2.24) is 19.0 Å². The normalized spacial score (nSPS) is 22.8. The number of likely N-dealkylation sites (N-methyl/N-ethyl adjacent to an activating group) is 2. The van der Waals surface area contributed by atoms with Crippen molar-refractivity contribution in [3.05, 3.63) is 23.3 Å². The molecule has 0 radical (unpaired) electrons. The zero-order chi connectivity index (χ0) is 27.2. The van der Waals surface area contributed by atoms with Crippen LogP contribution in [0.1, 0.15) is 56.1 Å². The van der Waals surface area contributed by atoms with Gasteiger partial charge in [0.25, 0.3) is 0 Å². The molecule has 1 aromatic carbocycles. The van der Waals surface area contributed by atoms with E-state index in [0.717, 1.165) is 47.3 Å². The second kappa shape index (κ2) is 13.7. The van der Waals surface area contributed by atoms with E-state index >= 15 is 0 Å². The SMILES string of the molecule is COc1cc(C)c(S(=O)N(C)CCOCC(=O)N(C)[C@@H]2CCN(C3CCN(C4CCCC4)CC3)C2)c(C)c1. The summed E-state index contributed by atoms with van der Waals surface area (Å²) in [6, 6.07) is 5.56. The summed E-state index contributed by atoms with van der Waals surface area (Å²) < 4.78 is 25.9. The van der Waals surface area contributed by atoms with Crippen molar-refractivity contribution in [2.45, 2.75) is 81.8 Å². The number of benzene rings is 1. The molecule has 0 bridgehead atoms. The minimum atomic E-state index is -1.30. The molecule has 2 atom stereocenters. The van der Waals surface area contributed by atoms with E-state index in [-0.39, 0.29) is 18.6 Å². The van der Waals surface area contributed by atoms with Gasteiger partial charge in [-0.25, -0.2) is 8.51 Å². The number of piperidine rings is 1. The molecule has 1 aliphatic carbocycles. The van der Waals surface area contributed by atoms with Crippen LogP contribution >= 0.6 is 0 Å². The van der Waals surface area contributed by atoms with E-state index in [1.165, 1.54) is 51.6 Å². The standard InChI is InChI=1S/C29H48N4O4S/c1-22-18-27(36-5)19-23(2)29(22)38(35)30(3)16-17-37-21-28(34)31(4)26-12-15-33(20-26)25-10-13-32(14-11-25)24-8-6-7-9-24/h18-19,24-26H,6-17,20-21H2,1-5H3/t26-,38?/m1/s1. The van der Waals surface area contributed by atoms with Gasteiger partial charge in [0, 0.05) is 51.9 Å². The van der Waals surface area contributed by atoms with E-state index in [2.05, 4.69) is 9.80 Å². The number of amides is 1. The molecule has 2 heterocycles. The Morgan fingerprint density at radius 2 is 1.58 bits per heavy atom. The molecule has 0 aromatic heterocycles. The van der Waals surface area contributed by atoms with Gasteiger partial charge in [0.1, 0.15) is 23.3 Å². The maximum absolute atomic E-state index is 13.1. The van der Waals surface area contributed by atoms with E-state index in [9.17, 15) is 9.00 Å². The third kappa shape index (κ3) is 7.16. The van der Waals surface area contributed by atoms with Gasteiger partial charge in [-0.2, -0.15) is 0 Å². The fourth-order valence-electron chi connectivity index (χ4n) is 6.50. The van der Waals surface area contributed by atoms with Gasteiger partial charge in [0.15, 0.2) is 0 Å². The summed E-state index contributed by atoms with van der Waals surface area (Å²) in [5, 5.41) is 0. The number of hydrogen-bond acceptors (Lipinski definition) is 6. The van der Waals surface area contributed by atoms with Crippen LogP contribution in [0.15, 0.2) is 17.0 Å². The number of methoxy groups -OCH3 is 1. The molecule has 0 N–H and O–H groups in total. The monoisotopic (exact) mass is 548 g/mol. The lowest BCUT2D eigenvalue weighted by atomic mass is 10.0. The molecular formula is C29H48N4O4S. The number of likely N-dealkylation sites (tertiary alicyclic amines) is 2. The van der Waals surface area contributed by atoms with Gasteiger partial charge in [-0.3, -0.25) is 9.69 Å². The Hall–Kier alpha value is -1.52. The van der Waals surface area contributed by atoms with Crippen molar-refractivity contribution in [2.24, 2.45) is 0 Å². The number of ether oxygens (including phenoxy) is 2. The summed E-state index contributed by atoms with van der Waals surface area (Å²) in [7, 11) is 4.07. The van der Waals surface area contributed by atoms with Gasteiger partial charge >= 0.3 is 0 Å². The van der Waals surface area contributed by atoms with Gasteiger partial charge in [-0.1, -0.05) is 12.8 Å². The average Bonchev–Trinajstić information content (AvgIpc) is 3.63. The van der Waals surface area contributed by atoms with Crippen molar-refractivity contribution >= 4 is 16.9 Å². The molecular weight excluding hydrogens is 500 g/mol. The van der Waals surface area contributed by atoms with Crippen LogP contribution in [0, 0.1) is 13.8 Å². The summed E-state index contributed by atoms with van der Waals surface area (Å²) in [5.41, 5.74) is 1.88. The van der Waals surface area contributed by atoms with Crippen LogP contribution in [0.2, 0.25) is 0 Å². The Morgan fingerprint density at radius 3 is 2.21 bits per heavy atom. The zero-order valence-electron chi connectivity index (χ0n) is 24.1. The summed E-state index contributed by atoms with van der Waals surface area (Å²) in [6.07, 6.45) is 9.14. The van der Waals surface area contributed by atoms with Crippen LogP contribution < -0.4 is 4.74 Å². The van der Waals surface area contributed by atoms with Crippen LogP contribution in [0.5, 0.6) is 5.75 Å². The van der Waals surface area contributed by atoms with Crippen molar-refractivity contribution < 1.29 is 18.5 Å². The highest BCUT2D eigenvalue weighted by Gasteiger charge is 2.35. The van der Waals surface area contributed by atoms with Crippen LogP contribution in [-0.4, -0.2) is 114 Å². The molecule has 9 heteroatoms. The summed E-state index contributed by atoms with van der Waals surface area (Å²) in [5.74, 6) is 0.794. The van der Waals surface area contributed by atoms with Crippen LogP contribution in [-0.2, 0) is 20.5 Å². The molecule has 2 aliphatic heterocycles. The van der Waals surface area contributed by atoms with Crippen molar-refractivity contribution in [3.8, 4) is 5.75 Å². The second-order valence-corrected chi connectivity index (χ2v) is 12.9. The fraction of sp³-hybridized carbons (Fsp3) is 0.759. The van der Waals surface area contributed by atoms with E-state index in [4.69, 9.17) is 9.47 Å². The maximum atomic E-state index is 13.1. The Morgan fingerprint density at radius 1 is 0.974 bits per heavy atom. The van der Waals surface area contributed by atoms with E-state index in [1.807, 2.05) is 45.0 Å². The zero-order valence-corrected chi connectivity index (χ0v) is 24.9. The molecule has 214 valence electrons. The van der Waals surface area contributed by atoms with E-state index in [0.29, 0.717) is 19.2 Å². The number of rotatable bonds is 11. The average molecular weight is 549 g/mol. The third-order valence-corrected chi connectivity index (χ3v) is 10.6. The van der Waals surface area contributed by atoms with Gasteiger partial charge < -0.3 is 19.3 Å². The number of nitrogens with zero attached hydrogens (tertiary/aromatic N) is 4. The molecule has 1 saturated carbocycles. The lowest BCUT2D eigenvalue weighted by molar-refractivity contribution is -0.136. The summed E-state index contributed by atoms with van der Waals surface area (Å²) in [4.78, 5) is 20.9. The van der Waals surface area contributed by atoms with Crippen LogP contribution in [0.25, 0.3) is 0 Å². The Bertz CT molecular complexity index is 939. The Labute approximate surface area is 232 Å². The quantitative estimate of drug-likeness (QED) is 0.396. The predicted octanol–water partition coefficient (Wildman–Crippen LogP) is 3.22.